The number of amides is 2. The van der Waals surface area contributed by atoms with Crippen molar-refractivity contribution in [2.75, 3.05) is 26.0 Å². The van der Waals surface area contributed by atoms with Gasteiger partial charge in [-0.2, -0.15) is 0 Å². The Morgan fingerprint density at radius 1 is 1.32 bits per heavy atom. The molecule has 19 heavy (non-hydrogen) atoms. The van der Waals surface area contributed by atoms with Crippen molar-refractivity contribution in [3.63, 3.8) is 0 Å². The minimum atomic E-state index is -0.288. The van der Waals surface area contributed by atoms with Crippen LogP contribution in [-0.2, 0) is 4.79 Å². The van der Waals surface area contributed by atoms with Gasteiger partial charge in [-0.1, -0.05) is 18.5 Å². The molecule has 1 rings (SSSR count). The Morgan fingerprint density at radius 2 is 2.00 bits per heavy atom. The smallest absolute Gasteiger partial charge is 0.252 e. The zero-order valence-corrected chi connectivity index (χ0v) is 12.0. The largest absolute Gasteiger partial charge is 0.355 e. The highest BCUT2D eigenvalue weighted by molar-refractivity contribution is 6.34. The predicted octanol–water partition coefficient (Wildman–Crippen LogP) is 1.49. The van der Waals surface area contributed by atoms with Crippen LogP contribution in [0.2, 0.25) is 5.02 Å². The van der Waals surface area contributed by atoms with Gasteiger partial charge in [0, 0.05) is 25.2 Å². The Kier molecular flexibility index (Phi) is 5.79. The van der Waals surface area contributed by atoms with Crippen LogP contribution < -0.4 is 16.0 Å². The lowest BCUT2D eigenvalue weighted by molar-refractivity contribution is -0.119. The summed E-state index contributed by atoms with van der Waals surface area (Å²) in [6.07, 6.45) is 0. The second kappa shape index (κ2) is 7.11. The second-order valence-corrected chi connectivity index (χ2v) is 4.63. The molecule has 0 spiro atoms. The van der Waals surface area contributed by atoms with Crippen molar-refractivity contribution < 1.29 is 9.59 Å². The summed E-state index contributed by atoms with van der Waals surface area (Å²) in [6, 6.07) is 4.81. The van der Waals surface area contributed by atoms with Crippen LogP contribution in [-0.4, -0.2) is 32.5 Å². The maximum Gasteiger partial charge on any atom is 0.252 e. The Hall–Kier alpha value is -1.59. The third-order valence-corrected chi connectivity index (χ3v) is 2.99. The highest BCUT2D eigenvalue weighted by Gasteiger charge is 2.14. The normalized spacial score (nSPS) is 11.8. The van der Waals surface area contributed by atoms with Crippen molar-refractivity contribution in [3.05, 3.63) is 28.8 Å². The highest BCUT2D eigenvalue weighted by atomic mass is 35.5. The van der Waals surface area contributed by atoms with Gasteiger partial charge in [0.1, 0.15) is 0 Å². The van der Waals surface area contributed by atoms with Crippen LogP contribution in [0, 0.1) is 5.92 Å². The Balaban J connectivity index is 2.85. The van der Waals surface area contributed by atoms with Crippen molar-refractivity contribution in [2.24, 2.45) is 5.92 Å². The Morgan fingerprint density at radius 3 is 2.58 bits per heavy atom. The van der Waals surface area contributed by atoms with Crippen molar-refractivity contribution >= 4 is 29.1 Å². The first-order valence-electron chi connectivity index (χ1n) is 5.96. The Bertz CT molecular complexity index is 477. The molecule has 0 heterocycles. The van der Waals surface area contributed by atoms with Crippen molar-refractivity contribution in [2.45, 2.75) is 6.92 Å². The lowest BCUT2D eigenvalue weighted by atomic mass is 10.1. The summed E-state index contributed by atoms with van der Waals surface area (Å²) in [4.78, 5) is 23.4. The van der Waals surface area contributed by atoms with E-state index in [0.29, 0.717) is 22.8 Å². The molecule has 3 N–H and O–H groups in total. The van der Waals surface area contributed by atoms with E-state index in [0.717, 1.165) is 0 Å². The van der Waals surface area contributed by atoms with Gasteiger partial charge in [0.05, 0.1) is 10.6 Å². The summed E-state index contributed by atoms with van der Waals surface area (Å²) in [7, 11) is 3.31. The number of halogens is 1. The zero-order valence-electron chi connectivity index (χ0n) is 11.2. The molecule has 1 unspecified atom stereocenters. The molecule has 0 saturated carbocycles. The minimum absolute atomic E-state index is 0.112. The molecule has 0 saturated heterocycles. The summed E-state index contributed by atoms with van der Waals surface area (Å²) < 4.78 is 0. The van der Waals surface area contributed by atoms with E-state index in [1.54, 1.807) is 25.2 Å². The molecule has 1 atom stereocenters. The SMILES string of the molecule is CNCC(C)C(=O)Nc1ccc(Cl)c(C(=O)NC)c1. The van der Waals surface area contributed by atoms with E-state index in [9.17, 15) is 9.59 Å². The molecule has 0 aliphatic carbocycles. The van der Waals surface area contributed by atoms with Gasteiger partial charge in [-0.05, 0) is 25.2 Å². The highest BCUT2D eigenvalue weighted by Crippen LogP contribution is 2.20. The first-order valence-corrected chi connectivity index (χ1v) is 6.34. The van der Waals surface area contributed by atoms with Crippen LogP contribution in [0.25, 0.3) is 0 Å². The average Bonchev–Trinajstić information content (AvgIpc) is 2.40. The molecule has 1 aromatic rings. The van der Waals surface area contributed by atoms with Crippen molar-refractivity contribution in [3.8, 4) is 0 Å². The standard InChI is InChI=1S/C13H18ClN3O2/c1-8(7-15-2)12(18)17-9-4-5-11(14)10(6-9)13(19)16-3/h4-6,8,15H,7H2,1-3H3,(H,16,19)(H,17,18). The number of hydrogen-bond acceptors (Lipinski definition) is 3. The molecule has 5 nitrogen and oxygen atoms in total. The quantitative estimate of drug-likeness (QED) is 0.767. The number of anilines is 1. The first-order chi connectivity index (χ1) is 8.99. The van der Waals surface area contributed by atoms with Gasteiger partial charge in [0.15, 0.2) is 0 Å². The molecule has 1 aromatic carbocycles. The maximum atomic E-state index is 11.9. The summed E-state index contributed by atoms with van der Waals surface area (Å²) in [5.41, 5.74) is 0.888. The van der Waals surface area contributed by atoms with E-state index in [4.69, 9.17) is 11.6 Å². The van der Waals surface area contributed by atoms with E-state index in [-0.39, 0.29) is 17.7 Å². The minimum Gasteiger partial charge on any atom is -0.355 e. The molecule has 0 aliphatic rings. The van der Waals surface area contributed by atoms with Crippen molar-refractivity contribution in [1.29, 1.82) is 0 Å². The lowest BCUT2D eigenvalue weighted by Crippen LogP contribution is -2.28. The van der Waals surface area contributed by atoms with E-state index in [2.05, 4.69) is 16.0 Å². The van der Waals surface area contributed by atoms with Crippen LogP contribution in [0.1, 0.15) is 17.3 Å². The van der Waals surface area contributed by atoms with E-state index in [1.807, 2.05) is 6.92 Å². The molecular formula is C13H18ClN3O2. The molecular weight excluding hydrogens is 266 g/mol. The summed E-state index contributed by atoms with van der Waals surface area (Å²) in [6.45, 7) is 2.41. The van der Waals surface area contributed by atoms with Gasteiger partial charge < -0.3 is 16.0 Å². The average molecular weight is 284 g/mol. The third kappa shape index (κ3) is 4.22. The number of benzene rings is 1. The van der Waals surface area contributed by atoms with E-state index >= 15 is 0 Å². The molecule has 104 valence electrons. The van der Waals surface area contributed by atoms with Gasteiger partial charge in [0.25, 0.3) is 5.91 Å². The van der Waals surface area contributed by atoms with E-state index < -0.39 is 0 Å². The molecule has 0 fully saturated rings. The number of carbonyl (C=O) groups is 2. The van der Waals surface area contributed by atoms with Crippen LogP contribution in [0.15, 0.2) is 18.2 Å². The maximum absolute atomic E-state index is 11.9. The van der Waals surface area contributed by atoms with Crippen LogP contribution in [0.3, 0.4) is 0 Å². The fourth-order valence-electron chi connectivity index (χ4n) is 1.58. The molecule has 0 aromatic heterocycles. The van der Waals surface area contributed by atoms with Crippen LogP contribution >= 0.6 is 11.6 Å². The third-order valence-electron chi connectivity index (χ3n) is 2.66. The topological polar surface area (TPSA) is 70.2 Å². The molecule has 0 aliphatic heterocycles. The van der Waals surface area contributed by atoms with Crippen LogP contribution in [0.4, 0.5) is 5.69 Å². The zero-order chi connectivity index (χ0) is 14.4. The summed E-state index contributed by atoms with van der Waals surface area (Å²) >= 11 is 5.94. The Labute approximate surface area is 117 Å². The fraction of sp³-hybridized carbons (Fsp3) is 0.385. The van der Waals surface area contributed by atoms with Gasteiger partial charge in [-0.3, -0.25) is 9.59 Å². The fourth-order valence-corrected chi connectivity index (χ4v) is 1.78. The number of nitrogens with one attached hydrogen (secondary N) is 3. The number of rotatable bonds is 5. The monoisotopic (exact) mass is 283 g/mol. The second-order valence-electron chi connectivity index (χ2n) is 4.22. The van der Waals surface area contributed by atoms with Crippen molar-refractivity contribution in [1.82, 2.24) is 10.6 Å². The lowest BCUT2D eigenvalue weighted by Gasteiger charge is -2.12. The van der Waals surface area contributed by atoms with Crippen LogP contribution in [0.5, 0.6) is 0 Å². The summed E-state index contributed by atoms with van der Waals surface area (Å²) in [5, 5.41) is 8.54. The van der Waals surface area contributed by atoms with Gasteiger partial charge in [-0.15, -0.1) is 0 Å². The first kappa shape index (κ1) is 15.5. The molecule has 6 heteroatoms. The van der Waals surface area contributed by atoms with Gasteiger partial charge in [-0.25, -0.2) is 0 Å². The van der Waals surface area contributed by atoms with Gasteiger partial charge in [0.2, 0.25) is 5.91 Å². The molecule has 2 amide bonds. The molecule has 0 radical (unpaired) electrons. The molecule has 0 bridgehead atoms. The van der Waals surface area contributed by atoms with Gasteiger partial charge >= 0.3 is 0 Å². The van der Waals surface area contributed by atoms with E-state index in [1.165, 1.54) is 7.05 Å². The summed E-state index contributed by atoms with van der Waals surface area (Å²) in [5.74, 6) is -0.562. The number of hydrogen-bond donors (Lipinski definition) is 3. The number of carbonyl (C=O) groups excluding carboxylic acids is 2. The predicted molar refractivity (Wildman–Crippen MR) is 76.6 cm³/mol.